The number of carbonyl (C=O) groups is 1. The van der Waals surface area contributed by atoms with Gasteiger partial charge in [0.1, 0.15) is 5.69 Å². The van der Waals surface area contributed by atoms with Gasteiger partial charge in [-0.1, -0.05) is 0 Å². The number of rotatable bonds is 4. The van der Waals surface area contributed by atoms with Crippen LogP contribution in [0.5, 0.6) is 0 Å². The van der Waals surface area contributed by atoms with Crippen molar-refractivity contribution in [1.82, 2.24) is 14.8 Å². The molecule has 2 heterocycles. The lowest BCUT2D eigenvalue weighted by molar-refractivity contribution is -0.384. The minimum atomic E-state index is -0.482. The maximum atomic E-state index is 12.5. The second-order valence-electron chi connectivity index (χ2n) is 5.45. The van der Waals surface area contributed by atoms with Crippen LogP contribution >= 0.6 is 0 Å². The number of nitrogens with zero attached hydrogens (tertiary/aromatic N) is 6. The molecule has 0 aliphatic rings. The Hall–Kier alpha value is -3.75. The van der Waals surface area contributed by atoms with Gasteiger partial charge in [-0.3, -0.25) is 19.9 Å². The van der Waals surface area contributed by atoms with Crippen LogP contribution in [0.25, 0.3) is 0 Å². The Balaban J connectivity index is 1.88. The molecular formula is C17H14N6O3. The Morgan fingerprint density at radius 1 is 1.08 bits per heavy atom. The molecule has 1 aromatic carbocycles. The maximum absolute atomic E-state index is 12.5. The molecule has 130 valence electrons. The fourth-order valence-corrected chi connectivity index (χ4v) is 2.34. The van der Waals surface area contributed by atoms with Gasteiger partial charge in [-0.25, -0.2) is 0 Å². The van der Waals surface area contributed by atoms with Crippen LogP contribution in [0.1, 0.15) is 21.7 Å². The van der Waals surface area contributed by atoms with Gasteiger partial charge in [0, 0.05) is 30.1 Å². The molecule has 0 saturated heterocycles. The molecule has 0 amide bonds. The SMILES string of the molecule is Cc1nn(C(=O)c2ccncc2)c(C)c1N=Nc1ccc([N+](=O)[O-])cc1. The topological polar surface area (TPSA) is 116 Å². The maximum Gasteiger partial charge on any atom is 0.278 e. The third-order valence-electron chi connectivity index (χ3n) is 3.70. The van der Waals surface area contributed by atoms with Gasteiger partial charge < -0.3 is 0 Å². The van der Waals surface area contributed by atoms with E-state index in [9.17, 15) is 14.9 Å². The number of hydrogen-bond acceptors (Lipinski definition) is 7. The first-order valence-electron chi connectivity index (χ1n) is 7.64. The largest absolute Gasteiger partial charge is 0.278 e. The zero-order valence-electron chi connectivity index (χ0n) is 14.0. The lowest BCUT2D eigenvalue weighted by Crippen LogP contribution is -2.15. The third kappa shape index (κ3) is 3.36. The molecule has 0 N–H and O–H groups in total. The van der Waals surface area contributed by atoms with Crippen molar-refractivity contribution in [1.29, 1.82) is 0 Å². The monoisotopic (exact) mass is 350 g/mol. The summed E-state index contributed by atoms with van der Waals surface area (Å²) in [6.45, 7) is 3.46. The first kappa shape index (κ1) is 17.1. The number of aromatic nitrogens is 3. The van der Waals surface area contributed by atoms with E-state index in [1.165, 1.54) is 41.3 Å². The molecule has 26 heavy (non-hydrogen) atoms. The van der Waals surface area contributed by atoms with Crippen molar-refractivity contribution < 1.29 is 9.72 Å². The highest BCUT2D eigenvalue weighted by Gasteiger charge is 2.18. The molecule has 0 spiro atoms. The van der Waals surface area contributed by atoms with Gasteiger partial charge in [0.2, 0.25) is 0 Å². The molecule has 0 atom stereocenters. The third-order valence-corrected chi connectivity index (χ3v) is 3.70. The van der Waals surface area contributed by atoms with Gasteiger partial charge in [-0.05, 0) is 38.1 Å². The summed E-state index contributed by atoms with van der Waals surface area (Å²) in [6, 6.07) is 8.92. The number of hydrogen-bond donors (Lipinski definition) is 0. The molecule has 3 rings (SSSR count). The van der Waals surface area contributed by atoms with E-state index in [1.807, 2.05) is 0 Å². The molecule has 2 aromatic heterocycles. The molecular weight excluding hydrogens is 336 g/mol. The lowest BCUT2D eigenvalue weighted by atomic mass is 10.2. The highest BCUT2D eigenvalue weighted by atomic mass is 16.6. The van der Waals surface area contributed by atoms with E-state index in [4.69, 9.17) is 0 Å². The van der Waals surface area contributed by atoms with Crippen LogP contribution in [0.2, 0.25) is 0 Å². The van der Waals surface area contributed by atoms with Gasteiger partial charge in [0.05, 0.1) is 22.0 Å². The summed E-state index contributed by atoms with van der Waals surface area (Å²) in [5, 5.41) is 23.1. The van der Waals surface area contributed by atoms with Crippen molar-refractivity contribution in [2.75, 3.05) is 0 Å². The van der Waals surface area contributed by atoms with Crippen LogP contribution < -0.4 is 0 Å². The average Bonchev–Trinajstić information content (AvgIpc) is 2.94. The molecule has 9 heteroatoms. The molecule has 0 aliphatic heterocycles. The van der Waals surface area contributed by atoms with Crippen LogP contribution in [0.15, 0.2) is 59.0 Å². The zero-order valence-corrected chi connectivity index (χ0v) is 14.0. The van der Waals surface area contributed by atoms with E-state index in [0.29, 0.717) is 28.3 Å². The number of aryl methyl sites for hydroxylation is 1. The molecule has 0 fully saturated rings. The Morgan fingerprint density at radius 3 is 2.35 bits per heavy atom. The lowest BCUT2D eigenvalue weighted by Gasteiger charge is -2.02. The van der Waals surface area contributed by atoms with Gasteiger partial charge >= 0.3 is 0 Å². The van der Waals surface area contributed by atoms with Crippen molar-refractivity contribution in [3.63, 3.8) is 0 Å². The van der Waals surface area contributed by atoms with Crippen LogP contribution in [0, 0.1) is 24.0 Å². The summed E-state index contributed by atoms with van der Waals surface area (Å²) < 4.78 is 1.27. The molecule has 0 aliphatic carbocycles. The average molecular weight is 350 g/mol. The van der Waals surface area contributed by atoms with E-state index < -0.39 is 4.92 Å². The van der Waals surface area contributed by atoms with Gasteiger partial charge in [-0.2, -0.15) is 14.9 Å². The van der Waals surface area contributed by atoms with Crippen molar-refractivity contribution >= 4 is 23.0 Å². The Kier molecular flexibility index (Phi) is 4.61. The first-order chi connectivity index (χ1) is 12.5. The molecule has 0 unspecified atom stereocenters. The number of nitro groups is 1. The summed E-state index contributed by atoms with van der Waals surface area (Å²) in [7, 11) is 0. The second kappa shape index (κ2) is 7.01. The number of pyridine rings is 1. The summed E-state index contributed by atoms with van der Waals surface area (Å²) in [5.41, 5.74) is 2.48. The molecule has 0 saturated carbocycles. The van der Waals surface area contributed by atoms with Crippen LogP contribution in [0.3, 0.4) is 0 Å². The normalized spacial score (nSPS) is 11.0. The Labute approximate surface area is 148 Å². The molecule has 9 nitrogen and oxygen atoms in total. The number of benzene rings is 1. The number of azo groups is 1. The summed E-state index contributed by atoms with van der Waals surface area (Å²) >= 11 is 0. The fraction of sp³-hybridized carbons (Fsp3) is 0.118. The van der Waals surface area contributed by atoms with E-state index in [1.54, 1.807) is 26.0 Å². The predicted molar refractivity (Wildman–Crippen MR) is 92.9 cm³/mol. The molecule has 0 radical (unpaired) electrons. The summed E-state index contributed by atoms with van der Waals surface area (Å²) in [4.78, 5) is 26.6. The quantitative estimate of drug-likeness (QED) is 0.402. The number of nitro benzene ring substituents is 1. The van der Waals surface area contributed by atoms with E-state index in [0.717, 1.165) is 0 Å². The van der Waals surface area contributed by atoms with Crippen LogP contribution in [-0.2, 0) is 0 Å². The first-order valence-corrected chi connectivity index (χ1v) is 7.64. The van der Waals surface area contributed by atoms with Crippen molar-refractivity contribution in [3.8, 4) is 0 Å². The van der Waals surface area contributed by atoms with Gasteiger partial charge in [0.15, 0.2) is 0 Å². The fourth-order valence-electron chi connectivity index (χ4n) is 2.34. The highest BCUT2D eigenvalue weighted by Crippen LogP contribution is 2.27. The molecule has 3 aromatic rings. The van der Waals surface area contributed by atoms with Crippen molar-refractivity contribution in [2.24, 2.45) is 10.2 Å². The van der Waals surface area contributed by atoms with E-state index >= 15 is 0 Å². The zero-order chi connectivity index (χ0) is 18.7. The predicted octanol–water partition coefficient (Wildman–Crippen LogP) is 3.91. The smallest absolute Gasteiger partial charge is 0.267 e. The van der Waals surface area contributed by atoms with Crippen molar-refractivity contribution in [3.05, 3.63) is 75.9 Å². The van der Waals surface area contributed by atoms with Crippen molar-refractivity contribution in [2.45, 2.75) is 13.8 Å². The minimum Gasteiger partial charge on any atom is -0.267 e. The summed E-state index contributed by atoms with van der Waals surface area (Å²) in [5.74, 6) is -0.287. The number of carbonyl (C=O) groups excluding carboxylic acids is 1. The van der Waals surface area contributed by atoms with Gasteiger partial charge in [-0.15, -0.1) is 5.11 Å². The standard InChI is InChI=1S/C17H14N6O3/c1-11-16(20-19-14-3-5-15(6-4-14)23(25)26)12(2)22(21-11)17(24)13-7-9-18-10-8-13/h3-10H,1-2H3. The number of non-ortho nitro benzene ring substituents is 1. The molecule has 0 bridgehead atoms. The van der Waals surface area contributed by atoms with Gasteiger partial charge in [0.25, 0.3) is 11.6 Å². The second-order valence-corrected chi connectivity index (χ2v) is 5.45. The highest BCUT2D eigenvalue weighted by molar-refractivity contribution is 5.96. The van der Waals surface area contributed by atoms with E-state index in [2.05, 4.69) is 20.3 Å². The Bertz CT molecular complexity index is 993. The summed E-state index contributed by atoms with van der Waals surface area (Å²) in [6.07, 6.45) is 3.07. The van der Waals surface area contributed by atoms with E-state index in [-0.39, 0.29) is 11.6 Å². The van der Waals surface area contributed by atoms with Crippen LogP contribution in [-0.4, -0.2) is 25.6 Å². The Morgan fingerprint density at radius 2 is 1.73 bits per heavy atom. The van der Waals surface area contributed by atoms with Crippen LogP contribution in [0.4, 0.5) is 17.1 Å². The minimum absolute atomic E-state index is 0.0212.